The number of hydrogen-bond donors (Lipinski definition) is 1. The molecular formula is C17H17N3O. The Morgan fingerprint density at radius 1 is 1.05 bits per heavy atom. The van der Waals surface area contributed by atoms with Gasteiger partial charge in [0, 0.05) is 0 Å². The quantitative estimate of drug-likeness (QED) is 0.799. The zero-order chi connectivity index (χ0) is 14.7. The molecule has 106 valence electrons. The highest BCUT2D eigenvalue weighted by atomic mass is 16.3. The second kappa shape index (κ2) is 5.89. The molecule has 0 radical (unpaired) electrons. The summed E-state index contributed by atoms with van der Waals surface area (Å²) in [4.78, 5) is 1.53. The molecule has 0 fully saturated rings. The van der Waals surface area contributed by atoms with E-state index in [-0.39, 0.29) is 0 Å². The van der Waals surface area contributed by atoms with Crippen LogP contribution in [0.1, 0.15) is 29.8 Å². The fraction of sp³-hybridized carbons (Fsp3) is 0.176. The van der Waals surface area contributed by atoms with Gasteiger partial charge in [0.05, 0.1) is 11.9 Å². The van der Waals surface area contributed by atoms with E-state index in [1.165, 1.54) is 10.4 Å². The highest BCUT2D eigenvalue weighted by Crippen LogP contribution is 2.20. The molecule has 1 N–H and O–H groups in total. The molecule has 2 aromatic carbocycles. The van der Waals surface area contributed by atoms with E-state index in [0.717, 1.165) is 17.7 Å². The molecule has 0 bridgehead atoms. The zero-order valence-electron chi connectivity index (χ0n) is 11.8. The van der Waals surface area contributed by atoms with Gasteiger partial charge in [-0.05, 0) is 29.7 Å². The van der Waals surface area contributed by atoms with E-state index >= 15 is 0 Å². The van der Waals surface area contributed by atoms with Crippen molar-refractivity contribution in [2.45, 2.75) is 19.4 Å². The lowest BCUT2D eigenvalue weighted by Crippen LogP contribution is -2.03. The number of para-hydroxylation sites is 1. The first kappa shape index (κ1) is 13.5. The number of rotatable bonds is 4. The molecule has 1 heterocycles. The van der Waals surface area contributed by atoms with Crippen molar-refractivity contribution < 1.29 is 5.11 Å². The lowest BCUT2D eigenvalue weighted by atomic mass is 10.0. The molecule has 21 heavy (non-hydrogen) atoms. The fourth-order valence-electron chi connectivity index (χ4n) is 2.19. The minimum atomic E-state index is -0.756. The van der Waals surface area contributed by atoms with Crippen LogP contribution in [0.5, 0.6) is 0 Å². The third-order valence-corrected chi connectivity index (χ3v) is 3.48. The maximum atomic E-state index is 10.4. The molecule has 0 saturated heterocycles. The van der Waals surface area contributed by atoms with Crippen molar-refractivity contribution in [3.8, 4) is 5.69 Å². The van der Waals surface area contributed by atoms with E-state index in [0.29, 0.717) is 5.69 Å². The Balaban J connectivity index is 1.85. The summed E-state index contributed by atoms with van der Waals surface area (Å²) in [5, 5.41) is 19.0. The summed E-state index contributed by atoms with van der Waals surface area (Å²) in [6, 6.07) is 17.6. The van der Waals surface area contributed by atoms with Gasteiger partial charge in [-0.2, -0.15) is 15.0 Å². The largest absolute Gasteiger partial charge is 0.382 e. The van der Waals surface area contributed by atoms with Gasteiger partial charge in [0.15, 0.2) is 0 Å². The minimum Gasteiger partial charge on any atom is -0.382 e. The molecular weight excluding hydrogens is 262 g/mol. The van der Waals surface area contributed by atoms with E-state index in [1.54, 1.807) is 6.20 Å². The molecule has 3 aromatic rings. The number of aliphatic hydroxyl groups is 1. The average molecular weight is 279 g/mol. The maximum absolute atomic E-state index is 10.4. The lowest BCUT2D eigenvalue weighted by Gasteiger charge is -2.08. The van der Waals surface area contributed by atoms with Crippen molar-refractivity contribution in [3.05, 3.63) is 77.6 Å². The summed E-state index contributed by atoms with van der Waals surface area (Å²) in [7, 11) is 0. The highest BCUT2D eigenvalue weighted by Gasteiger charge is 2.14. The van der Waals surface area contributed by atoms with Crippen LogP contribution < -0.4 is 0 Å². The Bertz CT molecular complexity index is 704. The first-order chi connectivity index (χ1) is 10.3. The summed E-state index contributed by atoms with van der Waals surface area (Å²) < 4.78 is 0. The van der Waals surface area contributed by atoms with Crippen LogP contribution in [-0.2, 0) is 6.42 Å². The van der Waals surface area contributed by atoms with Crippen molar-refractivity contribution in [2.24, 2.45) is 0 Å². The number of hydrogen-bond acceptors (Lipinski definition) is 3. The topological polar surface area (TPSA) is 50.9 Å². The van der Waals surface area contributed by atoms with Crippen molar-refractivity contribution in [1.29, 1.82) is 0 Å². The van der Waals surface area contributed by atoms with E-state index in [4.69, 9.17) is 0 Å². The van der Waals surface area contributed by atoms with Crippen LogP contribution in [0.25, 0.3) is 5.69 Å². The van der Waals surface area contributed by atoms with E-state index in [9.17, 15) is 5.11 Å². The number of aromatic nitrogens is 3. The molecule has 0 amide bonds. The van der Waals surface area contributed by atoms with Crippen molar-refractivity contribution in [3.63, 3.8) is 0 Å². The van der Waals surface area contributed by atoms with Crippen molar-refractivity contribution >= 4 is 0 Å². The molecule has 1 unspecified atom stereocenters. The first-order valence-electron chi connectivity index (χ1n) is 7.02. The molecule has 1 atom stereocenters. The standard InChI is InChI=1S/C17H17N3O/c1-2-13-8-10-14(11-9-13)17(21)16-12-18-20(19-16)15-6-4-3-5-7-15/h3-12,17,21H,2H2,1H3. The van der Waals surface area contributed by atoms with Gasteiger partial charge in [0.1, 0.15) is 11.8 Å². The minimum absolute atomic E-state index is 0.545. The Kier molecular flexibility index (Phi) is 3.79. The molecule has 0 saturated carbocycles. The van der Waals surface area contributed by atoms with Gasteiger partial charge in [-0.3, -0.25) is 0 Å². The van der Waals surface area contributed by atoms with Gasteiger partial charge in [-0.25, -0.2) is 0 Å². The van der Waals surface area contributed by atoms with Crippen LogP contribution in [0.2, 0.25) is 0 Å². The first-order valence-corrected chi connectivity index (χ1v) is 7.02. The van der Waals surface area contributed by atoms with E-state index in [1.807, 2.05) is 54.6 Å². The molecule has 4 nitrogen and oxygen atoms in total. The second-order valence-electron chi connectivity index (χ2n) is 4.89. The molecule has 0 aliphatic rings. The summed E-state index contributed by atoms with van der Waals surface area (Å²) in [6.07, 6.45) is 1.83. The van der Waals surface area contributed by atoms with Crippen LogP contribution in [0, 0.1) is 0 Å². The van der Waals surface area contributed by atoms with Gasteiger partial charge in [-0.15, -0.1) is 0 Å². The molecule has 1 aromatic heterocycles. The highest BCUT2D eigenvalue weighted by molar-refractivity contribution is 5.31. The zero-order valence-corrected chi connectivity index (χ0v) is 11.8. The maximum Gasteiger partial charge on any atom is 0.124 e. The van der Waals surface area contributed by atoms with Crippen molar-refractivity contribution in [2.75, 3.05) is 0 Å². The van der Waals surface area contributed by atoms with Gasteiger partial charge in [0.2, 0.25) is 0 Å². The monoisotopic (exact) mass is 279 g/mol. The predicted molar refractivity (Wildman–Crippen MR) is 81.2 cm³/mol. The predicted octanol–water partition coefficient (Wildman–Crippen LogP) is 2.91. The normalized spacial score (nSPS) is 12.3. The third kappa shape index (κ3) is 2.85. The lowest BCUT2D eigenvalue weighted by molar-refractivity contribution is 0.214. The summed E-state index contributed by atoms with van der Waals surface area (Å²) >= 11 is 0. The van der Waals surface area contributed by atoms with Gasteiger partial charge < -0.3 is 5.11 Å². The SMILES string of the molecule is CCc1ccc(C(O)c2cnn(-c3ccccc3)n2)cc1. The average Bonchev–Trinajstić information content (AvgIpc) is 3.05. The summed E-state index contributed by atoms with van der Waals surface area (Å²) in [5.41, 5.74) is 3.49. The van der Waals surface area contributed by atoms with E-state index < -0.39 is 6.10 Å². The molecule has 0 spiro atoms. The number of aliphatic hydroxyl groups excluding tert-OH is 1. The smallest absolute Gasteiger partial charge is 0.124 e. The number of nitrogens with zero attached hydrogens (tertiary/aromatic N) is 3. The summed E-state index contributed by atoms with van der Waals surface area (Å²) in [5.74, 6) is 0. The van der Waals surface area contributed by atoms with Crippen LogP contribution in [-0.4, -0.2) is 20.1 Å². The Labute approximate surface area is 123 Å². The van der Waals surface area contributed by atoms with Crippen LogP contribution >= 0.6 is 0 Å². The number of benzene rings is 2. The van der Waals surface area contributed by atoms with Crippen molar-refractivity contribution in [1.82, 2.24) is 15.0 Å². The molecule has 0 aliphatic heterocycles. The molecule has 3 rings (SSSR count). The number of aryl methyl sites for hydroxylation is 1. The third-order valence-electron chi connectivity index (χ3n) is 3.48. The van der Waals surface area contributed by atoms with Crippen LogP contribution in [0.4, 0.5) is 0 Å². The van der Waals surface area contributed by atoms with Crippen LogP contribution in [0.15, 0.2) is 60.8 Å². The fourth-order valence-corrected chi connectivity index (χ4v) is 2.19. The molecule has 4 heteroatoms. The van der Waals surface area contributed by atoms with Gasteiger partial charge in [0.25, 0.3) is 0 Å². The van der Waals surface area contributed by atoms with Gasteiger partial charge >= 0.3 is 0 Å². The van der Waals surface area contributed by atoms with Gasteiger partial charge in [-0.1, -0.05) is 49.4 Å². The van der Waals surface area contributed by atoms with E-state index in [2.05, 4.69) is 17.1 Å². The Morgan fingerprint density at radius 2 is 1.76 bits per heavy atom. The Hall–Kier alpha value is -2.46. The Morgan fingerprint density at radius 3 is 2.43 bits per heavy atom. The van der Waals surface area contributed by atoms with Crippen LogP contribution in [0.3, 0.4) is 0 Å². The second-order valence-corrected chi connectivity index (χ2v) is 4.89. The summed E-state index contributed by atoms with van der Waals surface area (Å²) in [6.45, 7) is 2.11. The molecule has 0 aliphatic carbocycles.